The first kappa shape index (κ1) is 20.6. The molecular weight excluding hydrogens is 469 g/mol. The molecule has 9 heteroatoms. The highest BCUT2D eigenvalue weighted by Crippen LogP contribution is 2.27. The summed E-state index contributed by atoms with van der Waals surface area (Å²) in [6.07, 6.45) is 1.96. The topological polar surface area (TPSA) is 73.2 Å². The number of rotatable bonds is 7. The predicted octanol–water partition coefficient (Wildman–Crippen LogP) is 4.05. The number of ether oxygens (including phenoxy) is 1. The molecule has 1 N–H and O–H groups in total. The number of nitrogens with one attached hydrogen (secondary N) is 1. The van der Waals surface area contributed by atoms with Crippen LogP contribution in [0.5, 0.6) is 5.75 Å². The Hall–Kier alpha value is -2.09. The first-order chi connectivity index (χ1) is 13.4. The molecular formula is C19H16BrCl2N3O3. The summed E-state index contributed by atoms with van der Waals surface area (Å²) in [6, 6.07) is 10.2. The van der Waals surface area contributed by atoms with Crippen molar-refractivity contribution >= 4 is 55.9 Å². The van der Waals surface area contributed by atoms with Gasteiger partial charge in [0.05, 0.1) is 28.9 Å². The smallest absolute Gasteiger partial charge is 0.261 e. The first-order valence-electron chi connectivity index (χ1n) is 8.43. The van der Waals surface area contributed by atoms with Gasteiger partial charge < -0.3 is 10.1 Å². The molecule has 0 radical (unpaired) electrons. The normalized spacial score (nSPS) is 10.8. The SMILES string of the molecule is O=C(Cn1cnc2ccc(Br)cc2c1=O)NCCCOc1ccc(Cl)cc1Cl. The maximum atomic E-state index is 12.5. The molecule has 3 rings (SSSR count). The molecule has 0 unspecified atom stereocenters. The van der Waals surface area contributed by atoms with Gasteiger partial charge in [-0.3, -0.25) is 14.2 Å². The average molecular weight is 485 g/mol. The molecule has 0 saturated carbocycles. The fraction of sp³-hybridized carbons (Fsp3) is 0.211. The van der Waals surface area contributed by atoms with Crippen LogP contribution in [0.4, 0.5) is 0 Å². The number of halogens is 3. The second-order valence-corrected chi connectivity index (χ2v) is 7.73. The second-order valence-electron chi connectivity index (χ2n) is 5.97. The van der Waals surface area contributed by atoms with Crippen molar-refractivity contribution in [2.75, 3.05) is 13.2 Å². The molecule has 3 aromatic rings. The molecule has 0 aliphatic rings. The summed E-state index contributed by atoms with van der Waals surface area (Å²) in [7, 11) is 0. The van der Waals surface area contributed by atoms with Gasteiger partial charge in [-0.1, -0.05) is 39.1 Å². The highest BCUT2D eigenvalue weighted by Gasteiger charge is 2.08. The van der Waals surface area contributed by atoms with Crippen LogP contribution in [0.25, 0.3) is 10.9 Å². The average Bonchev–Trinajstić information content (AvgIpc) is 2.66. The lowest BCUT2D eigenvalue weighted by Crippen LogP contribution is -2.33. The molecule has 0 bridgehead atoms. The maximum Gasteiger partial charge on any atom is 0.261 e. The standard InChI is InChI=1S/C19H16BrCl2N3O3/c20-12-2-4-16-14(8-12)19(27)25(11-24-16)10-18(26)23-6-1-7-28-17-5-3-13(21)9-15(17)22/h2-5,8-9,11H,1,6-7,10H2,(H,23,26). The molecule has 0 aliphatic carbocycles. The number of amides is 1. The zero-order chi connectivity index (χ0) is 20.1. The van der Waals surface area contributed by atoms with E-state index in [0.29, 0.717) is 46.3 Å². The Morgan fingerprint density at radius 1 is 1.21 bits per heavy atom. The molecule has 146 valence electrons. The molecule has 0 spiro atoms. The van der Waals surface area contributed by atoms with Gasteiger partial charge >= 0.3 is 0 Å². The molecule has 0 saturated heterocycles. The van der Waals surface area contributed by atoms with E-state index >= 15 is 0 Å². The largest absolute Gasteiger partial charge is 0.492 e. The fourth-order valence-corrected chi connectivity index (χ4v) is 3.35. The lowest BCUT2D eigenvalue weighted by Gasteiger charge is -2.10. The third kappa shape index (κ3) is 5.25. The van der Waals surface area contributed by atoms with E-state index in [2.05, 4.69) is 26.2 Å². The first-order valence-corrected chi connectivity index (χ1v) is 9.98. The van der Waals surface area contributed by atoms with Gasteiger partial charge in [-0.15, -0.1) is 0 Å². The van der Waals surface area contributed by atoms with E-state index in [0.717, 1.165) is 4.47 Å². The van der Waals surface area contributed by atoms with Crippen LogP contribution < -0.4 is 15.6 Å². The number of benzene rings is 2. The van der Waals surface area contributed by atoms with E-state index in [1.807, 2.05) is 6.07 Å². The Kier molecular flexibility index (Phi) is 6.93. The summed E-state index contributed by atoms with van der Waals surface area (Å²) in [6.45, 7) is 0.691. The Morgan fingerprint density at radius 2 is 2.04 bits per heavy atom. The van der Waals surface area contributed by atoms with E-state index in [4.69, 9.17) is 27.9 Å². The Labute approximate surface area is 179 Å². The van der Waals surface area contributed by atoms with Gasteiger partial charge in [0.2, 0.25) is 5.91 Å². The molecule has 0 atom stereocenters. The summed E-state index contributed by atoms with van der Waals surface area (Å²) < 4.78 is 7.62. The van der Waals surface area contributed by atoms with Crippen molar-refractivity contribution in [3.05, 3.63) is 67.6 Å². The van der Waals surface area contributed by atoms with Crippen LogP contribution in [0.15, 0.2) is 52.0 Å². The number of fused-ring (bicyclic) bond motifs is 1. The molecule has 6 nitrogen and oxygen atoms in total. The highest BCUT2D eigenvalue weighted by atomic mass is 79.9. The molecule has 1 aromatic heterocycles. The number of carbonyl (C=O) groups excluding carboxylic acids is 1. The van der Waals surface area contributed by atoms with Crippen LogP contribution in [-0.2, 0) is 11.3 Å². The van der Waals surface area contributed by atoms with Gasteiger partial charge in [0.15, 0.2) is 0 Å². The van der Waals surface area contributed by atoms with E-state index in [1.165, 1.54) is 10.9 Å². The predicted molar refractivity (Wildman–Crippen MR) is 113 cm³/mol. The van der Waals surface area contributed by atoms with Crippen LogP contribution in [0.1, 0.15) is 6.42 Å². The number of aromatic nitrogens is 2. The highest BCUT2D eigenvalue weighted by molar-refractivity contribution is 9.10. The van der Waals surface area contributed by atoms with Crippen molar-refractivity contribution in [3.8, 4) is 5.75 Å². The fourth-order valence-electron chi connectivity index (χ4n) is 2.53. The van der Waals surface area contributed by atoms with Gasteiger partial charge in [0, 0.05) is 16.0 Å². The monoisotopic (exact) mass is 483 g/mol. The maximum absolute atomic E-state index is 12.5. The Bertz CT molecular complexity index is 1070. The third-order valence-electron chi connectivity index (χ3n) is 3.89. The Morgan fingerprint density at radius 3 is 2.82 bits per heavy atom. The van der Waals surface area contributed by atoms with Gasteiger partial charge in [0.1, 0.15) is 12.3 Å². The second kappa shape index (κ2) is 9.41. The van der Waals surface area contributed by atoms with E-state index in [9.17, 15) is 9.59 Å². The molecule has 1 heterocycles. The molecule has 0 fully saturated rings. The molecule has 28 heavy (non-hydrogen) atoms. The number of carbonyl (C=O) groups is 1. The van der Waals surface area contributed by atoms with Crippen molar-refractivity contribution in [2.45, 2.75) is 13.0 Å². The number of hydrogen-bond donors (Lipinski definition) is 1. The van der Waals surface area contributed by atoms with Crippen molar-refractivity contribution < 1.29 is 9.53 Å². The van der Waals surface area contributed by atoms with Crippen molar-refractivity contribution in [1.82, 2.24) is 14.9 Å². The molecule has 2 aromatic carbocycles. The van der Waals surface area contributed by atoms with Crippen LogP contribution in [-0.4, -0.2) is 28.6 Å². The Balaban J connectivity index is 1.49. The molecule has 1 amide bonds. The minimum Gasteiger partial charge on any atom is -0.492 e. The van der Waals surface area contributed by atoms with Crippen LogP contribution in [0.2, 0.25) is 10.0 Å². The number of nitrogens with zero attached hydrogens (tertiary/aromatic N) is 2. The van der Waals surface area contributed by atoms with Crippen molar-refractivity contribution in [1.29, 1.82) is 0 Å². The van der Waals surface area contributed by atoms with Crippen LogP contribution >= 0.6 is 39.1 Å². The van der Waals surface area contributed by atoms with Crippen molar-refractivity contribution in [2.24, 2.45) is 0 Å². The summed E-state index contributed by atoms with van der Waals surface area (Å²) in [5, 5.41) is 4.19. The van der Waals surface area contributed by atoms with Crippen LogP contribution in [0, 0.1) is 0 Å². The quantitative estimate of drug-likeness (QED) is 0.513. The van der Waals surface area contributed by atoms with E-state index < -0.39 is 0 Å². The van der Waals surface area contributed by atoms with Crippen molar-refractivity contribution in [3.63, 3.8) is 0 Å². The van der Waals surface area contributed by atoms with Gasteiger partial charge in [-0.2, -0.15) is 0 Å². The minimum atomic E-state index is -0.275. The lowest BCUT2D eigenvalue weighted by atomic mass is 10.2. The summed E-state index contributed by atoms with van der Waals surface area (Å²) in [5.74, 6) is 0.264. The van der Waals surface area contributed by atoms with E-state index in [1.54, 1.807) is 30.3 Å². The summed E-state index contributed by atoms with van der Waals surface area (Å²) in [5.41, 5.74) is 0.324. The van der Waals surface area contributed by atoms with E-state index in [-0.39, 0.29) is 18.0 Å². The minimum absolute atomic E-state index is 0.0991. The zero-order valence-electron chi connectivity index (χ0n) is 14.6. The van der Waals surface area contributed by atoms with Crippen LogP contribution in [0.3, 0.4) is 0 Å². The molecule has 0 aliphatic heterocycles. The third-order valence-corrected chi connectivity index (χ3v) is 4.92. The van der Waals surface area contributed by atoms with Gasteiger partial charge in [0.25, 0.3) is 5.56 Å². The van der Waals surface area contributed by atoms with Gasteiger partial charge in [-0.25, -0.2) is 4.98 Å². The lowest BCUT2D eigenvalue weighted by molar-refractivity contribution is -0.121. The van der Waals surface area contributed by atoms with Gasteiger partial charge in [-0.05, 0) is 42.8 Å². The summed E-state index contributed by atoms with van der Waals surface area (Å²) in [4.78, 5) is 28.8. The number of hydrogen-bond acceptors (Lipinski definition) is 4. The summed E-state index contributed by atoms with van der Waals surface area (Å²) >= 11 is 15.2. The zero-order valence-corrected chi connectivity index (χ0v) is 17.7.